The number of rotatable bonds is 6. The summed E-state index contributed by atoms with van der Waals surface area (Å²) in [5, 5.41) is 8.61. The first-order valence-corrected chi connectivity index (χ1v) is 9.20. The van der Waals surface area contributed by atoms with Crippen molar-refractivity contribution in [2.24, 2.45) is 0 Å². The van der Waals surface area contributed by atoms with E-state index >= 15 is 0 Å². The van der Waals surface area contributed by atoms with Crippen LogP contribution in [0.3, 0.4) is 0 Å². The Labute approximate surface area is 159 Å². The number of thiophene rings is 1. The zero-order chi connectivity index (χ0) is 19.2. The van der Waals surface area contributed by atoms with E-state index in [1.165, 1.54) is 28.2 Å². The predicted molar refractivity (Wildman–Crippen MR) is 102 cm³/mol. The highest BCUT2D eigenvalue weighted by Gasteiger charge is 2.13. The number of carbonyl (C=O) groups excluding carboxylic acids is 2. The van der Waals surface area contributed by atoms with Crippen molar-refractivity contribution in [3.05, 3.63) is 74.8 Å². The van der Waals surface area contributed by atoms with Gasteiger partial charge in [0.05, 0.1) is 4.88 Å². The number of ether oxygens (including phenoxy) is 1. The van der Waals surface area contributed by atoms with E-state index in [4.69, 9.17) is 4.74 Å². The molecule has 0 bridgehead atoms. The molecule has 3 rings (SSSR count). The van der Waals surface area contributed by atoms with Crippen LogP contribution < -0.4 is 15.6 Å². The molecule has 0 radical (unpaired) electrons. The fourth-order valence-corrected chi connectivity index (χ4v) is 2.91. The first-order chi connectivity index (χ1) is 13.1. The normalized spacial score (nSPS) is 10.4. The molecule has 0 saturated carbocycles. The molecule has 0 aliphatic carbocycles. The largest absolute Gasteiger partial charge is 0.422 e. The van der Waals surface area contributed by atoms with E-state index in [2.05, 4.69) is 10.4 Å². The third kappa shape index (κ3) is 4.68. The topological polar surface area (TPSA) is 90.3 Å². The second-order valence-electron chi connectivity index (χ2n) is 5.63. The average molecular weight is 383 g/mol. The number of carbonyl (C=O) groups is 2. The molecule has 0 aliphatic rings. The highest BCUT2D eigenvalue weighted by Crippen LogP contribution is 2.18. The number of hydrogen-bond acceptors (Lipinski definition) is 6. The van der Waals surface area contributed by atoms with E-state index in [1.54, 1.807) is 36.4 Å². The molecule has 1 N–H and O–H groups in total. The monoisotopic (exact) mass is 383 g/mol. The Balaban J connectivity index is 1.66. The van der Waals surface area contributed by atoms with Gasteiger partial charge in [0.1, 0.15) is 5.75 Å². The third-order valence-corrected chi connectivity index (χ3v) is 4.45. The molecule has 27 heavy (non-hydrogen) atoms. The Morgan fingerprint density at radius 2 is 1.93 bits per heavy atom. The van der Waals surface area contributed by atoms with Gasteiger partial charge in [-0.1, -0.05) is 13.0 Å². The van der Waals surface area contributed by atoms with E-state index in [9.17, 15) is 14.4 Å². The number of anilines is 1. The molecule has 8 heteroatoms. The standard InChI is InChI=1S/C19H17N3O4S/c1-2-11-22-17(23)10-9-15(21-22)19(25)26-14-7-5-13(6-8-14)20-18(24)16-4-3-12-27-16/h3-10,12H,2,11H2,1H3,(H,20,24). The van der Waals surface area contributed by atoms with Crippen LogP contribution in [0.25, 0.3) is 0 Å². The van der Waals surface area contributed by atoms with Crippen molar-refractivity contribution in [1.82, 2.24) is 9.78 Å². The maximum absolute atomic E-state index is 12.2. The minimum Gasteiger partial charge on any atom is -0.422 e. The summed E-state index contributed by atoms with van der Waals surface area (Å²) < 4.78 is 6.51. The molecule has 0 aliphatic heterocycles. The van der Waals surface area contributed by atoms with Crippen LogP contribution in [0, 0.1) is 0 Å². The van der Waals surface area contributed by atoms with E-state index in [-0.39, 0.29) is 17.2 Å². The van der Waals surface area contributed by atoms with E-state index in [0.717, 1.165) is 6.42 Å². The summed E-state index contributed by atoms with van der Waals surface area (Å²) in [5.41, 5.74) is 0.375. The molecule has 0 atom stereocenters. The first-order valence-electron chi connectivity index (χ1n) is 8.32. The van der Waals surface area contributed by atoms with Crippen LogP contribution >= 0.6 is 11.3 Å². The van der Waals surface area contributed by atoms with Gasteiger partial charge in [0.2, 0.25) is 0 Å². The second-order valence-corrected chi connectivity index (χ2v) is 6.57. The molecular weight excluding hydrogens is 366 g/mol. The first kappa shape index (κ1) is 18.5. The zero-order valence-electron chi connectivity index (χ0n) is 14.5. The Morgan fingerprint density at radius 3 is 2.59 bits per heavy atom. The van der Waals surface area contributed by atoms with Gasteiger partial charge in [0, 0.05) is 18.3 Å². The number of aryl methyl sites for hydroxylation is 1. The lowest BCUT2D eigenvalue weighted by molar-refractivity contribution is 0.0725. The Hall–Kier alpha value is -3.26. The minimum absolute atomic E-state index is 0.0538. The molecular formula is C19H17N3O4S. The van der Waals surface area contributed by atoms with Crippen LogP contribution in [0.2, 0.25) is 0 Å². The van der Waals surface area contributed by atoms with Crippen molar-refractivity contribution >= 4 is 28.9 Å². The molecule has 2 heterocycles. The van der Waals surface area contributed by atoms with Crippen LogP contribution in [-0.4, -0.2) is 21.7 Å². The number of aromatic nitrogens is 2. The van der Waals surface area contributed by atoms with Gasteiger partial charge in [-0.3, -0.25) is 9.59 Å². The highest BCUT2D eigenvalue weighted by atomic mass is 32.1. The maximum atomic E-state index is 12.2. The molecule has 0 fully saturated rings. The SMILES string of the molecule is CCCn1nc(C(=O)Oc2ccc(NC(=O)c3cccs3)cc2)ccc1=O. The van der Waals surface area contributed by atoms with Gasteiger partial charge in [-0.2, -0.15) is 5.10 Å². The van der Waals surface area contributed by atoms with Crippen molar-refractivity contribution in [3.8, 4) is 5.75 Å². The lowest BCUT2D eigenvalue weighted by Gasteiger charge is -2.08. The Kier molecular flexibility index (Phi) is 5.77. The molecule has 0 spiro atoms. The number of amides is 1. The number of nitrogens with one attached hydrogen (secondary N) is 1. The lowest BCUT2D eigenvalue weighted by Crippen LogP contribution is -2.25. The quantitative estimate of drug-likeness (QED) is 0.521. The average Bonchev–Trinajstić information content (AvgIpc) is 3.20. The van der Waals surface area contributed by atoms with Crippen molar-refractivity contribution in [3.63, 3.8) is 0 Å². The number of benzene rings is 1. The number of hydrogen-bond donors (Lipinski definition) is 1. The Morgan fingerprint density at radius 1 is 1.15 bits per heavy atom. The fraction of sp³-hybridized carbons (Fsp3) is 0.158. The molecule has 138 valence electrons. The van der Waals surface area contributed by atoms with Gasteiger partial charge in [-0.25, -0.2) is 9.48 Å². The highest BCUT2D eigenvalue weighted by molar-refractivity contribution is 7.12. The molecule has 7 nitrogen and oxygen atoms in total. The van der Waals surface area contributed by atoms with E-state index < -0.39 is 5.97 Å². The number of nitrogens with zero attached hydrogens (tertiary/aromatic N) is 2. The smallest absolute Gasteiger partial charge is 0.364 e. The molecule has 1 amide bonds. The van der Waals surface area contributed by atoms with E-state index in [0.29, 0.717) is 22.9 Å². The lowest BCUT2D eigenvalue weighted by atomic mass is 10.3. The van der Waals surface area contributed by atoms with Crippen LogP contribution in [0.4, 0.5) is 5.69 Å². The van der Waals surface area contributed by atoms with Crippen LogP contribution in [-0.2, 0) is 6.54 Å². The summed E-state index contributed by atoms with van der Waals surface area (Å²) in [6.07, 6.45) is 0.726. The van der Waals surface area contributed by atoms with Crippen LogP contribution in [0.15, 0.2) is 58.7 Å². The summed E-state index contributed by atoms with van der Waals surface area (Å²) in [6.45, 7) is 2.34. The van der Waals surface area contributed by atoms with Gasteiger partial charge in [-0.15, -0.1) is 11.3 Å². The molecule has 0 saturated heterocycles. The number of esters is 1. The van der Waals surface area contributed by atoms with Gasteiger partial charge >= 0.3 is 5.97 Å². The van der Waals surface area contributed by atoms with Crippen LogP contribution in [0.1, 0.15) is 33.5 Å². The molecule has 0 unspecified atom stereocenters. The summed E-state index contributed by atoms with van der Waals surface area (Å²) in [7, 11) is 0. The van der Waals surface area contributed by atoms with Gasteiger partial charge in [0.25, 0.3) is 11.5 Å². The zero-order valence-corrected chi connectivity index (χ0v) is 15.4. The summed E-state index contributed by atoms with van der Waals surface area (Å²) >= 11 is 1.35. The maximum Gasteiger partial charge on any atom is 0.364 e. The molecule has 1 aromatic carbocycles. The molecule has 3 aromatic rings. The van der Waals surface area contributed by atoms with Crippen LogP contribution in [0.5, 0.6) is 5.75 Å². The second kappa shape index (κ2) is 8.41. The molecule has 2 aromatic heterocycles. The van der Waals surface area contributed by atoms with Gasteiger partial charge in [0.15, 0.2) is 5.69 Å². The van der Waals surface area contributed by atoms with Crippen molar-refractivity contribution in [2.75, 3.05) is 5.32 Å². The third-order valence-electron chi connectivity index (χ3n) is 3.58. The van der Waals surface area contributed by atoms with E-state index in [1.807, 2.05) is 12.3 Å². The fourth-order valence-electron chi connectivity index (χ4n) is 2.30. The Bertz CT molecular complexity index is 995. The van der Waals surface area contributed by atoms with Crippen molar-refractivity contribution < 1.29 is 14.3 Å². The van der Waals surface area contributed by atoms with Gasteiger partial charge < -0.3 is 10.1 Å². The van der Waals surface area contributed by atoms with Gasteiger partial charge in [-0.05, 0) is 48.2 Å². The summed E-state index contributed by atoms with van der Waals surface area (Å²) in [6, 6.07) is 12.6. The summed E-state index contributed by atoms with van der Waals surface area (Å²) in [4.78, 5) is 36.5. The predicted octanol–water partition coefficient (Wildman–Crippen LogP) is 3.19. The van der Waals surface area contributed by atoms with Crippen molar-refractivity contribution in [1.29, 1.82) is 0 Å². The van der Waals surface area contributed by atoms with Crippen molar-refractivity contribution in [2.45, 2.75) is 19.9 Å². The minimum atomic E-state index is -0.657. The summed E-state index contributed by atoms with van der Waals surface area (Å²) in [5.74, 6) is -0.545.